The molecule has 0 radical (unpaired) electrons. The van der Waals surface area contributed by atoms with E-state index in [-0.39, 0.29) is 0 Å². The van der Waals surface area contributed by atoms with Crippen LogP contribution in [-0.4, -0.2) is 45.6 Å². The first kappa shape index (κ1) is 13.3. The molecule has 0 amide bonds. The zero-order valence-electron chi connectivity index (χ0n) is 12.8. The molecule has 3 aromatic rings. The Morgan fingerprint density at radius 3 is 2.82 bits per heavy atom. The zero-order valence-corrected chi connectivity index (χ0v) is 12.8. The Bertz CT molecular complexity index is 779. The average molecular weight is 297 g/mol. The van der Waals surface area contributed by atoms with Gasteiger partial charge in [-0.05, 0) is 6.07 Å². The summed E-state index contributed by atoms with van der Waals surface area (Å²) >= 11 is 0. The second-order valence-corrected chi connectivity index (χ2v) is 5.89. The Labute approximate surface area is 129 Å². The maximum atomic E-state index is 4.56. The molecule has 2 N–H and O–H groups in total. The third-order valence-electron chi connectivity index (χ3n) is 4.31. The number of fused-ring (bicyclic) bond motifs is 1. The van der Waals surface area contributed by atoms with Gasteiger partial charge in [0.15, 0.2) is 0 Å². The number of nitrogens with zero attached hydrogens (tertiary/aromatic N) is 5. The summed E-state index contributed by atoms with van der Waals surface area (Å²) in [5.41, 5.74) is 4.67. The van der Waals surface area contributed by atoms with Crippen LogP contribution in [-0.2, 0) is 7.05 Å². The van der Waals surface area contributed by atoms with Gasteiger partial charge in [-0.25, -0.2) is 4.52 Å². The number of quaternary nitrogens is 1. The molecule has 0 atom stereocenters. The molecule has 4 heterocycles. The van der Waals surface area contributed by atoms with Crippen molar-refractivity contribution in [2.45, 2.75) is 6.42 Å². The summed E-state index contributed by atoms with van der Waals surface area (Å²) < 4.78 is 3.80. The maximum absolute atomic E-state index is 4.56. The molecule has 0 bridgehead atoms. The molecule has 0 spiro atoms. The molecule has 6 nitrogen and oxygen atoms in total. The van der Waals surface area contributed by atoms with Crippen molar-refractivity contribution in [3.8, 4) is 11.1 Å². The van der Waals surface area contributed by atoms with Crippen molar-refractivity contribution in [1.29, 1.82) is 0 Å². The summed E-state index contributed by atoms with van der Waals surface area (Å²) in [5, 5.41) is 11.2. The summed E-state index contributed by atoms with van der Waals surface area (Å²) in [4.78, 5) is 2.45. The molecule has 4 rings (SSSR count). The van der Waals surface area contributed by atoms with Gasteiger partial charge in [0.05, 0.1) is 43.2 Å². The Balaban J connectivity index is 1.70. The largest absolute Gasteiger partial charge is 0.363 e. The lowest BCUT2D eigenvalue weighted by Crippen LogP contribution is -2.84. The van der Waals surface area contributed by atoms with Gasteiger partial charge in [0, 0.05) is 43.5 Å². The van der Waals surface area contributed by atoms with Crippen LogP contribution in [0.3, 0.4) is 0 Å². The third kappa shape index (κ3) is 2.35. The number of aromatic nitrogens is 4. The molecule has 0 aromatic carbocycles. The van der Waals surface area contributed by atoms with E-state index < -0.39 is 0 Å². The first-order valence-corrected chi connectivity index (χ1v) is 7.84. The summed E-state index contributed by atoms with van der Waals surface area (Å²) in [5.74, 6) is 0. The van der Waals surface area contributed by atoms with E-state index in [9.17, 15) is 0 Å². The van der Waals surface area contributed by atoms with Gasteiger partial charge in [-0.2, -0.15) is 10.2 Å². The van der Waals surface area contributed by atoms with E-state index in [0.717, 1.165) is 30.8 Å². The second-order valence-electron chi connectivity index (χ2n) is 5.89. The molecular formula is C16H21N6+. The van der Waals surface area contributed by atoms with Crippen molar-refractivity contribution in [2.24, 2.45) is 7.05 Å². The molecule has 3 aromatic heterocycles. The minimum absolute atomic E-state index is 1.09. The maximum Gasteiger partial charge on any atom is 0.0933 e. The molecule has 0 unspecified atom stereocenters. The Morgan fingerprint density at radius 2 is 1.95 bits per heavy atom. The molecule has 114 valence electrons. The molecule has 22 heavy (non-hydrogen) atoms. The van der Waals surface area contributed by atoms with Gasteiger partial charge in [-0.1, -0.05) is 6.07 Å². The monoisotopic (exact) mass is 297 g/mol. The summed E-state index contributed by atoms with van der Waals surface area (Å²) in [7, 11) is 1.93. The van der Waals surface area contributed by atoms with Crippen LogP contribution >= 0.6 is 0 Å². The van der Waals surface area contributed by atoms with Crippen molar-refractivity contribution in [3.05, 3.63) is 36.9 Å². The topological polar surface area (TPSA) is 55.0 Å². The second kappa shape index (κ2) is 5.46. The van der Waals surface area contributed by atoms with Gasteiger partial charge >= 0.3 is 0 Å². The lowest BCUT2D eigenvalue weighted by atomic mass is 10.1. The van der Waals surface area contributed by atoms with Crippen LogP contribution in [0.1, 0.15) is 6.42 Å². The lowest BCUT2D eigenvalue weighted by Gasteiger charge is -2.19. The molecule has 1 fully saturated rings. The predicted octanol–water partition coefficient (Wildman–Crippen LogP) is 0.508. The van der Waals surface area contributed by atoms with Gasteiger partial charge in [0.25, 0.3) is 0 Å². The summed E-state index contributed by atoms with van der Waals surface area (Å²) in [6.07, 6.45) is 9.21. The van der Waals surface area contributed by atoms with Gasteiger partial charge in [-0.3, -0.25) is 4.68 Å². The van der Waals surface area contributed by atoms with Gasteiger partial charge in [0.1, 0.15) is 0 Å². The standard InChI is InChI=1S/C16H20N6/c1-20-11-14(9-18-20)13-3-4-15-16(10-19-22(15)12-13)21-7-2-5-17-6-8-21/h3-4,9-12,17H,2,5-8H2,1H3/p+1. The molecule has 1 aliphatic rings. The number of rotatable bonds is 2. The van der Waals surface area contributed by atoms with Crippen molar-refractivity contribution in [2.75, 3.05) is 31.1 Å². The zero-order chi connectivity index (χ0) is 14.9. The lowest BCUT2D eigenvalue weighted by molar-refractivity contribution is -0.650. The van der Waals surface area contributed by atoms with Crippen LogP contribution in [0.4, 0.5) is 5.69 Å². The van der Waals surface area contributed by atoms with Crippen LogP contribution in [0.5, 0.6) is 0 Å². The Morgan fingerprint density at radius 1 is 1.00 bits per heavy atom. The third-order valence-corrected chi connectivity index (χ3v) is 4.31. The fourth-order valence-electron chi connectivity index (χ4n) is 3.13. The fraction of sp³-hybridized carbons (Fsp3) is 0.375. The highest BCUT2D eigenvalue weighted by Crippen LogP contribution is 2.25. The van der Waals surface area contributed by atoms with E-state index in [4.69, 9.17) is 0 Å². The predicted molar refractivity (Wildman–Crippen MR) is 85.9 cm³/mol. The van der Waals surface area contributed by atoms with Crippen molar-refractivity contribution in [1.82, 2.24) is 19.4 Å². The van der Waals surface area contributed by atoms with E-state index in [1.54, 1.807) is 0 Å². The van der Waals surface area contributed by atoms with Crippen molar-refractivity contribution < 1.29 is 5.32 Å². The average Bonchev–Trinajstić information content (AvgIpc) is 3.05. The minimum atomic E-state index is 1.09. The van der Waals surface area contributed by atoms with Crippen LogP contribution in [0.15, 0.2) is 36.9 Å². The Kier molecular flexibility index (Phi) is 3.31. The first-order chi connectivity index (χ1) is 10.8. The van der Waals surface area contributed by atoms with Gasteiger partial charge in [0.2, 0.25) is 0 Å². The van der Waals surface area contributed by atoms with E-state index in [2.05, 4.69) is 38.7 Å². The summed E-state index contributed by atoms with van der Waals surface area (Å²) in [6, 6.07) is 4.32. The van der Waals surface area contributed by atoms with E-state index >= 15 is 0 Å². The van der Waals surface area contributed by atoms with Crippen LogP contribution < -0.4 is 10.2 Å². The van der Waals surface area contributed by atoms with Crippen LogP contribution in [0.25, 0.3) is 16.6 Å². The highest BCUT2D eigenvalue weighted by molar-refractivity contribution is 5.75. The van der Waals surface area contributed by atoms with E-state index in [1.807, 2.05) is 34.8 Å². The highest BCUT2D eigenvalue weighted by Gasteiger charge is 2.16. The number of aryl methyl sites for hydroxylation is 1. The number of hydrogen-bond acceptors (Lipinski definition) is 3. The number of pyridine rings is 1. The van der Waals surface area contributed by atoms with E-state index in [1.165, 1.54) is 24.2 Å². The van der Waals surface area contributed by atoms with Gasteiger partial charge in [-0.15, -0.1) is 0 Å². The molecule has 1 aliphatic heterocycles. The van der Waals surface area contributed by atoms with Gasteiger partial charge < -0.3 is 10.2 Å². The van der Waals surface area contributed by atoms with Crippen LogP contribution in [0.2, 0.25) is 0 Å². The molecular weight excluding hydrogens is 276 g/mol. The minimum Gasteiger partial charge on any atom is -0.363 e. The quantitative estimate of drug-likeness (QED) is 0.750. The molecule has 6 heteroatoms. The van der Waals surface area contributed by atoms with Crippen molar-refractivity contribution >= 4 is 11.2 Å². The fourth-order valence-corrected chi connectivity index (χ4v) is 3.13. The molecule has 0 aliphatic carbocycles. The summed E-state index contributed by atoms with van der Waals surface area (Å²) in [6.45, 7) is 4.58. The molecule has 0 saturated carbocycles. The number of anilines is 1. The van der Waals surface area contributed by atoms with Crippen LogP contribution in [0, 0.1) is 0 Å². The highest BCUT2D eigenvalue weighted by atomic mass is 15.3. The number of nitrogens with two attached hydrogens (primary N) is 1. The van der Waals surface area contributed by atoms with Crippen molar-refractivity contribution in [3.63, 3.8) is 0 Å². The molecule has 1 saturated heterocycles. The SMILES string of the molecule is Cn1cc(-c2ccc3c(N4CCC[NH2+]CC4)cnn3c2)cn1. The smallest absolute Gasteiger partial charge is 0.0933 e. The number of hydrogen-bond donors (Lipinski definition) is 1. The normalized spacial score (nSPS) is 16.1. The van der Waals surface area contributed by atoms with E-state index in [0.29, 0.717) is 0 Å². The Hall–Kier alpha value is -2.34. The first-order valence-electron chi connectivity index (χ1n) is 7.84.